The summed E-state index contributed by atoms with van der Waals surface area (Å²) in [6.45, 7) is 2.34. The quantitative estimate of drug-likeness (QED) is 0.759. The van der Waals surface area contributed by atoms with Crippen LogP contribution in [-0.4, -0.2) is 49.7 Å². The van der Waals surface area contributed by atoms with Crippen molar-refractivity contribution >= 4 is 27.5 Å². The third-order valence-electron chi connectivity index (χ3n) is 5.42. The molecule has 0 radical (unpaired) electrons. The fraction of sp³-hybridized carbons (Fsp3) is 0.611. The van der Waals surface area contributed by atoms with Crippen LogP contribution in [0.2, 0.25) is 5.02 Å². The minimum absolute atomic E-state index is 0.0387. The zero-order chi connectivity index (χ0) is 19.1. The molecule has 8 heteroatoms. The average Bonchev–Trinajstić information content (AvgIpc) is 3.20. The molecule has 1 aromatic rings. The van der Waals surface area contributed by atoms with Gasteiger partial charge in [-0.3, -0.25) is 4.79 Å². The number of carbonyl (C=O) groups is 1. The fourth-order valence-electron chi connectivity index (χ4n) is 3.96. The highest BCUT2D eigenvalue weighted by Crippen LogP contribution is 2.31. The number of hydrogen-bond donors (Lipinski definition) is 0. The van der Waals surface area contributed by atoms with E-state index in [1.54, 1.807) is 0 Å². The Balaban J connectivity index is 1.72. The van der Waals surface area contributed by atoms with Crippen LogP contribution in [-0.2, 0) is 14.8 Å². The van der Waals surface area contributed by atoms with Crippen LogP contribution in [0.4, 0.5) is 4.39 Å². The van der Waals surface area contributed by atoms with Gasteiger partial charge in [0.25, 0.3) is 0 Å². The number of likely N-dealkylation sites (tertiary alicyclic amines) is 1. The van der Waals surface area contributed by atoms with Crippen molar-refractivity contribution in [1.29, 1.82) is 0 Å². The van der Waals surface area contributed by atoms with Gasteiger partial charge in [-0.2, -0.15) is 0 Å². The summed E-state index contributed by atoms with van der Waals surface area (Å²) in [4.78, 5) is 14.1. The lowest BCUT2D eigenvalue weighted by Crippen LogP contribution is -2.36. The molecule has 0 spiro atoms. The van der Waals surface area contributed by atoms with Crippen LogP contribution in [0, 0.1) is 18.7 Å². The minimum Gasteiger partial charge on any atom is -0.339 e. The van der Waals surface area contributed by atoms with Crippen LogP contribution < -0.4 is 0 Å². The first-order chi connectivity index (χ1) is 12.2. The molecule has 1 atom stereocenters. The van der Waals surface area contributed by atoms with E-state index in [1.165, 1.54) is 24.3 Å². The second kappa shape index (κ2) is 7.44. The summed E-state index contributed by atoms with van der Waals surface area (Å²) in [5, 5.41) is -0.130. The molecular weight excluding hydrogens is 379 g/mol. The lowest BCUT2D eigenvalue weighted by atomic mass is 10.1. The van der Waals surface area contributed by atoms with E-state index in [9.17, 15) is 17.6 Å². The van der Waals surface area contributed by atoms with Crippen molar-refractivity contribution < 1.29 is 17.6 Å². The molecule has 1 aliphatic heterocycles. The monoisotopic (exact) mass is 402 g/mol. The van der Waals surface area contributed by atoms with Gasteiger partial charge in [0.2, 0.25) is 15.9 Å². The second-order valence-electron chi connectivity index (χ2n) is 7.37. The zero-order valence-electron chi connectivity index (χ0n) is 15.0. The molecule has 1 saturated heterocycles. The zero-order valence-corrected chi connectivity index (χ0v) is 16.6. The molecular formula is C18H24ClFN2O3S. The van der Waals surface area contributed by atoms with Gasteiger partial charge in [-0.1, -0.05) is 24.4 Å². The third kappa shape index (κ3) is 3.75. The Morgan fingerprint density at radius 1 is 1.31 bits per heavy atom. The van der Waals surface area contributed by atoms with Crippen molar-refractivity contribution in [2.45, 2.75) is 50.0 Å². The summed E-state index contributed by atoms with van der Waals surface area (Å²) < 4.78 is 40.5. The Morgan fingerprint density at radius 2 is 1.96 bits per heavy atom. The van der Waals surface area contributed by atoms with Crippen LogP contribution in [0.3, 0.4) is 0 Å². The van der Waals surface area contributed by atoms with E-state index >= 15 is 0 Å². The van der Waals surface area contributed by atoms with Crippen molar-refractivity contribution in [1.82, 2.24) is 9.21 Å². The maximum Gasteiger partial charge on any atom is 0.244 e. The minimum atomic E-state index is -3.85. The van der Waals surface area contributed by atoms with Crippen LogP contribution in [0.15, 0.2) is 17.0 Å². The number of hydrogen-bond acceptors (Lipinski definition) is 3. The first kappa shape index (κ1) is 19.6. The van der Waals surface area contributed by atoms with E-state index < -0.39 is 15.8 Å². The van der Waals surface area contributed by atoms with Crippen LogP contribution in [0.5, 0.6) is 0 Å². The van der Waals surface area contributed by atoms with Crippen molar-refractivity contribution in [2.75, 3.05) is 20.1 Å². The van der Waals surface area contributed by atoms with E-state index in [0.717, 1.165) is 31.7 Å². The van der Waals surface area contributed by atoms with Crippen molar-refractivity contribution in [3.05, 3.63) is 28.5 Å². The Hall–Kier alpha value is -1.18. The van der Waals surface area contributed by atoms with Gasteiger partial charge >= 0.3 is 0 Å². The Bertz CT molecular complexity index is 809. The molecule has 26 heavy (non-hydrogen) atoms. The molecule has 1 saturated carbocycles. The molecule has 2 fully saturated rings. The molecule has 0 aromatic heterocycles. The molecule has 1 unspecified atom stereocenters. The molecule has 2 aliphatic rings. The van der Waals surface area contributed by atoms with Crippen molar-refractivity contribution in [3.8, 4) is 0 Å². The molecule has 0 N–H and O–H groups in total. The van der Waals surface area contributed by atoms with Gasteiger partial charge in [-0.25, -0.2) is 17.1 Å². The average molecular weight is 403 g/mol. The van der Waals surface area contributed by atoms with Gasteiger partial charge in [-0.15, -0.1) is 0 Å². The number of nitrogens with zero attached hydrogens (tertiary/aromatic N) is 2. The number of amides is 1. The van der Waals surface area contributed by atoms with Crippen LogP contribution in [0.25, 0.3) is 0 Å². The highest BCUT2D eigenvalue weighted by atomic mass is 35.5. The number of benzene rings is 1. The Kier molecular flexibility index (Phi) is 5.61. The summed E-state index contributed by atoms with van der Waals surface area (Å²) in [5.74, 6) is -0.461. The van der Waals surface area contributed by atoms with Gasteiger partial charge in [0, 0.05) is 32.6 Å². The topological polar surface area (TPSA) is 57.7 Å². The van der Waals surface area contributed by atoms with E-state index in [2.05, 4.69) is 0 Å². The number of rotatable bonds is 5. The standard InChI is InChI=1S/C18H24ClFN2O3S/c1-12-7-17(15(19)9-16(12)20)26(24,25)21(2)10-13-8-18(23)22(11-13)14-5-3-4-6-14/h7,9,13-14H,3-6,8,10-11H2,1-2H3. The van der Waals surface area contributed by atoms with E-state index in [0.29, 0.717) is 19.0 Å². The van der Waals surface area contributed by atoms with E-state index in [4.69, 9.17) is 11.6 Å². The normalized spacial score (nSPS) is 22.0. The first-order valence-corrected chi connectivity index (χ1v) is 10.7. The maximum absolute atomic E-state index is 13.6. The largest absolute Gasteiger partial charge is 0.339 e. The van der Waals surface area contributed by atoms with Gasteiger partial charge in [0.15, 0.2) is 0 Å². The lowest BCUT2D eigenvalue weighted by Gasteiger charge is -2.25. The SMILES string of the molecule is Cc1cc(S(=O)(=O)N(C)CC2CC(=O)N(C3CCCC3)C2)c(Cl)cc1F. The fourth-order valence-corrected chi connectivity index (χ4v) is 5.77. The Morgan fingerprint density at radius 3 is 2.62 bits per heavy atom. The molecule has 1 aliphatic carbocycles. The molecule has 1 heterocycles. The summed E-state index contributed by atoms with van der Waals surface area (Å²) in [5.41, 5.74) is 0.227. The number of sulfonamides is 1. The van der Waals surface area contributed by atoms with E-state index in [-0.39, 0.29) is 33.9 Å². The highest BCUT2D eigenvalue weighted by molar-refractivity contribution is 7.89. The molecule has 1 aromatic carbocycles. The smallest absolute Gasteiger partial charge is 0.244 e. The van der Waals surface area contributed by atoms with Gasteiger partial charge in [0.05, 0.1) is 5.02 Å². The van der Waals surface area contributed by atoms with Crippen molar-refractivity contribution in [3.63, 3.8) is 0 Å². The lowest BCUT2D eigenvalue weighted by molar-refractivity contribution is -0.129. The highest BCUT2D eigenvalue weighted by Gasteiger charge is 2.37. The first-order valence-electron chi connectivity index (χ1n) is 8.91. The molecule has 3 rings (SSSR count). The Labute approximate surface area is 159 Å². The molecule has 1 amide bonds. The maximum atomic E-state index is 13.6. The molecule has 144 valence electrons. The van der Waals surface area contributed by atoms with Gasteiger partial charge < -0.3 is 4.90 Å². The molecule has 0 bridgehead atoms. The number of halogens is 2. The predicted molar refractivity (Wildman–Crippen MR) is 98.0 cm³/mol. The number of carbonyl (C=O) groups excluding carboxylic acids is 1. The van der Waals surface area contributed by atoms with Gasteiger partial charge in [-0.05, 0) is 43.4 Å². The summed E-state index contributed by atoms with van der Waals surface area (Å²) >= 11 is 5.97. The van der Waals surface area contributed by atoms with Crippen molar-refractivity contribution in [2.24, 2.45) is 5.92 Å². The van der Waals surface area contributed by atoms with Gasteiger partial charge in [0.1, 0.15) is 10.7 Å². The number of aryl methyl sites for hydroxylation is 1. The molecule has 5 nitrogen and oxygen atoms in total. The summed E-state index contributed by atoms with van der Waals surface area (Å²) in [6, 6.07) is 2.59. The van der Waals surface area contributed by atoms with Crippen LogP contribution in [0.1, 0.15) is 37.7 Å². The predicted octanol–water partition coefficient (Wildman–Crippen LogP) is 3.20. The second-order valence-corrected chi connectivity index (χ2v) is 9.79. The van der Waals surface area contributed by atoms with Crippen LogP contribution >= 0.6 is 11.6 Å². The summed E-state index contributed by atoms with van der Waals surface area (Å²) in [6.07, 6.45) is 4.74. The summed E-state index contributed by atoms with van der Waals surface area (Å²) in [7, 11) is -2.37. The third-order valence-corrected chi connectivity index (χ3v) is 7.71. The van der Waals surface area contributed by atoms with E-state index in [1.807, 2.05) is 4.90 Å².